The van der Waals surface area contributed by atoms with E-state index in [9.17, 15) is 4.79 Å². The van der Waals surface area contributed by atoms with E-state index in [4.69, 9.17) is 4.74 Å². The molecule has 2 rings (SSSR count). The highest BCUT2D eigenvalue weighted by Gasteiger charge is 2.24. The van der Waals surface area contributed by atoms with Crippen LogP contribution >= 0.6 is 0 Å². The Labute approximate surface area is 114 Å². The lowest BCUT2D eigenvalue weighted by Gasteiger charge is -2.33. The fraction of sp³-hybridized carbons (Fsp3) is 0.643. The number of methoxy groups -OCH3 is 1. The monoisotopic (exact) mass is 263 g/mol. The topological polar surface area (TPSA) is 55.3 Å². The molecule has 19 heavy (non-hydrogen) atoms. The minimum atomic E-state index is -0.373. The van der Waals surface area contributed by atoms with Crippen molar-refractivity contribution in [3.05, 3.63) is 17.6 Å². The minimum absolute atomic E-state index is 0.373. The van der Waals surface area contributed by atoms with Crippen molar-refractivity contribution in [2.75, 3.05) is 25.1 Å². The summed E-state index contributed by atoms with van der Waals surface area (Å²) in [5, 5.41) is 0. The Hall–Kier alpha value is -1.65. The van der Waals surface area contributed by atoms with E-state index in [1.807, 2.05) is 6.92 Å². The van der Waals surface area contributed by atoms with Gasteiger partial charge < -0.3 is 9.64 Å². The summed E-state index contributed by atoms with van der Waals surface area (Å²) in [6, 6.07) is 0. The summed E-state index contributed by atoms with van der Waals surface area (Å²) in [6.07, 6.45) is 5.42. The van der Waals surface area contributed by atoms with Crippen LogP contribution in [-0.2, 0) is 4.74 Å². The van der Waals surface area contributed by atoms with Crippen molar-refractivity contribution in [1.82, 2.24) is 9.97 Å². The normalized spacial score (nSPS) is 14.9. The quantitative estimate of drug-likeness (QED) is 0.762. The van der Waals surface area contributed by atoms with Crippen LogP contribution in [0.1, 0.15) is 42.4 Å². The molecule has 5 nitrogen and oxygen atoms in total. The van der Waals surface area contributed by atoms with Gasteiger partial charge in [0.05, 0.1) is 7.11 Å². The average Bonchev–Trinajstić information content (AvgIpc) is 2.37. The number of esters is 1. The van der Waals surface area contributed by atoms with E-state index >= 15 is 0 Å². The number of hydrogen-bond acceptors (Lipinski definition) is 5. The Morgan fingerprint density at radius 1 is 1.53 bits per heavy atom. The van der Waals surface area contributed by atoms with Gasteiger partial charge in [0, 0.05) is 19.3 Å². The molecule has 1 aliphatic rings. The highest BCUT2D eigenvalue weighted by molar-refractivity contribution is 5.94. The van der Waals surface area contributed by atoms with E-state index in [1.54, 1.807) is 6.20 Å². The third-order valence-electron chi connectivity index (χ3n) is 3.68. The maximum atomic E-state index is 11.8. The Morgan fingerprint density at radius 3 is 2.79 bits per heavy atom. The highest BCUT2D eigenvalue weighted by atomic mass is 16.5. The molecule has 0 aromatic carbocycles. The van der Waals surface area contributed by atoms with Crippen LogP contribution in [0.2, 0.25) is 0 Å². The predicted molar refractivity (Wildman–Crippen MR) is 73.3 cm³/mol. The van der Waals surface area contributed by atoms with Crippen LogP contribution in [0.5, 0.6) is 0 Å². The zero-order valence-corrected chi connectivity index (χ0v) is 11.8. The van der Waals surface area contributed by atoms with Crippen molar-refractivity contribution in [2.24, 2.45) is 5.92 Å². The highest BCUT2D eigenvalue weighted by Crippen LogP contribution is 2.29. The van der Waals surface area contributed by atoms with E-state index < -0.39 is 0 Å². The molecule has 0 unspecified atom stereocenters. The third kappa shape index (κ3) is 3.03. The van der Waals surface area contributed by atoms with Gasteiger partial charge in [0.15, 0.2) is 0 Å². The van der Waals surface area contributed by atoms with Gasteiger partial charge in [-0.25, -0.2) is 14.8 Å². The van der Waals surface area contributed by atoms with E-state index in [0.717, 1.165) is 19.0 Å². The summed E-state index contributed by atoms with van der Waals surface area (Å²) in [5.74, 6) is 1.73. The van der Waals surface area contributed by atoms with Crippen LogP contribution in [0.15, 0.2) is 6.20 Å². The molecule has 5 heteroatoms. The molecule has 0 aliphatic heterocycles. The number of anilines is 1. The molecule has 0 amide bonds. The molecule has 0 atom stereocenters. The van der Waals surface area contributed by atoms with Crippen LogP contribution in [-0.4, -0.2) is 36.1 Å². The van der Waals surface area contributed by atoms with Crippen molar-refractivity contribution >= 4 is 11.8 Å². The van der Waals surface area contributed by atoms with Crippen LogP contribution in [0.25, 0.3) is 0 Å². The van der Waals surface area contributed by atoms with Gasteiger partial charge >= 0.3 is 5.97 Å². The molecule has 104 valence electrons. The van der Waals surface area contributed by atoms with Crippen LogP contribution < -0.4 is 4.90 Å². The number of aryl methyl sites for hydroxylation is 1. The van der Waals surface area contributed by atoms with Crippen LogP contribution in [0, 0.1) is 12.8 Å². The molecule has 1 aromatic rings. The first-order valence-electron chi connectivity index (χ1n) is 6.82. The van der Waals surface area contributed by atoms with Gasteiger partial charge in [-0.1, -0.05) is 6.42 Å². The van der Waals surface area contributed by atoms with Crippen molar-refractivity contribution in [3.63, 3.8) is 0 Å². The molecule has 0 saturated heterocycles. The van der Waals surface area contributed by atoms with Crippen LogP contribution in [0.4, 0.5) is 5.82 Å². The molecular weight excluding hydrogens is 242 g/mol. The molecular formula is C14H21N3O2. The summed E-state index contributed by atoms with van der Waals surface area (Å²) in [4.78, 5) is 22.5. The second-order valence-corrected chi connectivity index (χ2v) is 4.98. The summed E-state index contributed by atoms with van der Waals surface area (Å²) in [5.41, 5.74) is 0.453. The lowest BCUT2D eigenvalue weighted by Crippen LogP contribution is -2.34. The molecule has 0 bridgehead atoms. The summed E-state index contributed by atoms with van der Waals surface area (Å²) in [6.45, 7) is 5.70. The maximum Gasteiger partial charge on any atom is 0.343 e. The number of carbonyl (C=O) groups excluding carboxylic acids is 1. The Kier molecular flexibility index (Phi) is 4.35. The van der Waals surface area contributed by atoms with Gasteiger partial charge in [-0.3, -0.25) is 0 Å². The van der Waals surface area contributed by atoms with Crippen LogP contribution in [0.3, 0.4) is 0 Å². The number of rotatable bonds is 5. The van der Waals surface area contributed by atoms with Gasteiger partial charge in [-0.15, -0.1) is 0 Å². The molecule has 1 saturated carbocycles. The molecule has 1 aliphatic carbocycles. The Bertz CT molecular complexity index is 458. The average molecular weight is 263 g/mol. The number of hydrogen-bond donors (Lipinski definition) is 0. The van der Waals surface area contributed by atoms with E-state index in [1.165, 1.54) is 26.4 Å². The smallest absolute Gasteiger partial charge is 0.343 e. The Morgan fingerprint density at radius 2 is 2.26 bits per heavy atom. The first kappa shape index (κ1) is 13.8. The first-order valence-corrected chi connectivity index (χ1v) is 6.82. The van der Waals surface area contributed by atoms with E-state index in [0.29, 0.717) is 17.2 Å². The molecule has 0 spiro atoms. The SMILES string of the molecule is CCN(CC1CCC1)c1nc(C)ncc1C(=O)OC. The van der Waals surface area contributed by atoms with Crippen molar-refractivity contribution in [1.29, 1.82) is 0 Å². The second kappa shape index (κ2) is 5.99. The third-order valence-corrected chi connectivity index (χ3v) is 3.68. The zero-order valence-electron chi connectivity index (χ0n) is 11.8. The van der Waals surface area contributed by atoms with E-state index in [-0.39, 0.29) is 5.97 Å². The van der Waals surface area contributed by atoms with Gasteiger partial charge in [0.1, 0.15) is 17.2 Å². The standard InChI is InChI=1S/C14H21N3O2/c1-4-17(9-11-6-5-7-11)13-12(14(18)19-3)8-15-10(2)16-13/h8,11H,4-7,9H2,1-3H3. The minimum Gasteiger partial charge on any atom is -0.465 e. The van der Waals surface area contributed by atoms with Gasteiger partial charge in [0.25, 0.3) is 0 Å². The fourth-order valence-corrected chi connectivity index (χ4v) is 2.31. The molecule has 1 fully saturated rings. The number of carbonyl (C=O) groups is 1. The predicted octanol–water partition coefficient (Wildman–Crippen LogP) is 2.20. The summed E-state index contributed by atoms with van der Waals surface area (Å²) in [7, 11) is 1.38. The summed E-state index contributed by atoms with van der Waals surface area (Å²) >= 11 is 0. The van der Waals surface area contributed by atoms with Gasteiger partial charge in [-0.2, -0.15) is 0 Å². The Balaban J connectivity index is 2.27. The van der Waals surface area contributed by atoms with Crippen molar-refractivity contribution < 1.29 is 9.53 Å². The van der Waals surface area contributed by atoms with Gasteiger partial charge in [0.2, 0.25) is 0 Å². The van der Waals surface area contributed by atoms with Crippen molar-refractivity contribution in [3.8, 4) is 0 Å². The van der Waals surface area contributed by atoms with Gasteiger partial charge in [-0.05, 0) is 32.6 Å². The number of ether oxygens (including phenoxy) is 1. The molecule has 0 radical (unpaired) electrons. The lowest BCUT2D eigenvalue weighted by molar-refractivity contribution is 0.0600. The maximum absolute atomic E-state index is 11.8. The first-order chi connectivity index (χ1) is 9.15. The number of nitrogens with zero attached hydrogens (tertiary/aromatic N) is 3. The largest absolute Gasteiger partial charge is 0.465 e. The fourth-order valence-electron chi connectivity index (χ4n) is 2.31. The number of aromatic nitrogens is 2. The summed E-state index contributed by atoms with van der Waals surface area (Å²) < 4.78 is 4.81. The second-order valence-electron chi connectivity index (χ2n) is 4.98. The molecule has 0 N–H and O–H groups in total. The lowest BCUT2D eigenvalue weighted by atomic mass is 9.85. The molecule has 1 heterocycles. The molecule has 1 aromatic heterocycles. The zero-order chi connectivity index (χ0) is 13.8. The van der Waals surface area contributed by atoms with E-state index in [2.05, 4.69) is 21.8 Å². The van der Waals surface area contributed by atoms with Crippen molar-refractivity contribution in [2.45, 2.75) is 33.1 Å².